The van der Waals surface area contributed by atoms with Crippen molar-refractivity contribution in [2.45, 2.75) is 38.6 Å². The number of hydrogen-bond donors (Lipinski definition) is 1. The van der Waals surface area contributed by atoms with E-state index in [0.717, 1.165) is 25.7 Å². The molecule has 3 rings (SSSR count). The lowest BCUT2D eigenvalue weighted by Crippen LogP contribution is -2.18. The second kappa shape index (κ2) is 7.33. The lowest BCUT2D eigenvalue weighted by atomic mass is 10.1. The first kappa shape index (κ1) is 16.9. The number of anilines is 1. The van der Waals surface area contributed by atoms with Crippen LogP contribution >= 0.6 is 0 Å². The van der Waals surface area contributed by atoms with Gasteiger partial charge in [0.1, 0.15) is 5.82 Å². The molecule has 1 amide bonds. The number of nitrogens with zero attached hydrogens (tertiary/aromatic N) is 3. The van der Waals surface area contributed by atoms with Gasteiger partial charge >= 0.3 is 5.69 Å². The first-order chi connectivity index (χ1) is 12.1. The molecule has 132 valence electrons. The summed E-state index contributed by atoms with van der Waals surface area (Å²) >= 11 is 0. The summed E-state index contributed by atoms with van der Waals surface area (Å²) < 4.78 is 7.07. The van der Waals surface area contributed by atoms with Crippen LogP contribution < -0.4 is 10.1 Å². The molecular weight excluding hydrogens is 324 g/mol. The van der Waals surface area contributed by atoms with E-state index in [1.54, 1.807) is 19.2 Å². The van der Waals surface area contributed by atoms with E-state index in [2.05, 4.69) is 10.4 Å². The maximum absolute atomic E-state index is 12.5. The van der Waals surface area contributed by atoms with Gasteiger partial charge in [-0.2, -0.15) is 5.10 Å². The maximum Gasteiger partial charge on any atom is 0.311 e. The number of aromatic nitrogens is 2. The Bertz CT molecular complexity index is 781. The molecule has 1 aliphatic rings. The zero-order chi connectivity index (χ0) is 17.8. The van der Waals surface area contributed by atoms with Gasteiger partial charge in [0.25, 0.3) is 5.91 Å². The number of nitro groups is 1. The Morgan fingerprint density at radius 2 is 2.16 bits per heavy atom. The molecule has 1 N–H and O–H groups in total. The van der Waals surface area contributed by atoms with Crippen molar-refractivity contribution in [3.63, 3.8) is 0 Å². The van der Waals surface area contributed by atoms with Crippen LogP contribution in [0.5, 0.6) is 5.75 Å². The van der Waals surface area contributed by atoms with Crippen LogP contribution in [0.2, 0.25) is 0 Å². The highest BCUT2D eigenvalue weighted by atomic mass is 16.6. The number of nitrogens with one attached hydrogen (secondary N) is 1. The Labute approximate surface area is 144 Å². The average molecular weight is 344 g/mol. The fraction of sp³-hybridized carbons (Fsp3) is 0.412. The van der Waals surface area contributed by atoms with Crippen LogP contribution in [-0.4, -0.2) is 27.2 Å². The number of ether oxygens (including phenoxy) is 1. The molecule has 0 bridgehead atoms. The Kier molecular flexibility index (Phi) is 4.97. The van der Waals surface area contributed by atoms with E-state index in [-0.39, 0.29) is 17.0 Å². The Hall–Kier alpha value is -2.90. The molecule has 8 nitrogen and oxygen atoms in total. The zero-order valence-corrected chi connectivity index (χ0v) is 14.0. The molecule has 1 heterocycles. The highest BCUT2D eigenvalue weighted by Crippen LogP contribution is 2.32. The number of nitro benzene ring substituents is 1. The summed E-state index contributed by atoms with van der Waals surface area (Å²) in [5.74, 6) is 0.347. The van der Waals surface area contributed by atoms with E-state index in [0.29, 0.717) is 18.5 Å². The molecule has 0 radical (unpaired) electrons. The molecular formula is C17H20N4O4. The fourth-order valence-electron chi connectivity index (χ4n) is 3.12. The van der Waals surface area contributed by atoms with Crippen LogP contribution in [0.4, 0.5) is 11.5 Å². The summed E-state index contributed by atoms with van der Waals surface area (Å²) in [5.41, 5.74) is -0.0203. The normalized spacial score (nSPS) is 14.4. The Morgan fingerprint density at radius 3 is 2.84 bits per heavy atom. The molecule has 1 fully saturated rings. The molecule has 0 aliphatic heterocycles. The summed E-state index contributed by atoms with van der Waals surface area (Å²) in [6, 6.07) is 6.23. The molecule has 25 heavy (non-hydrogen) atoms. The van der Waals surface area contributed by atoms with Crippen molar-refractivity contribution in [1.29, 1.82) is 0 Å². The molecule has 8 heteroatoms. The van der Waals surface area contributed by atoms with Gasteiger partial charge in [-0.05, 0) is 31.9 Å². The summed E-state index contributed by atoms with van der Waals surface area (Å²) in [7, 11) is 0. The zero-order valence-electron chi connectivity index (χ0n) is 14.0. The van der Waals surface area contributed by atoms with Crippen molar-refractivity contribution < 1.29 is 14.5 Å². The van der Waals surface area contributed by atoms with Gasteiger partial charge in [-0.15, -0.1) is 0 Å². The average Bonchev–Trinajstić information content (AvgIpc) is 3.26. The van der Waals surface area contributed by atoms with E-state index in [1.165, 1.54) is 18.2 Å². The van der Waals surface area contributed by atoms with Crippen molar-refractivity contribution in [2.75, 3.05) is 11.9 Å². The monoisotopic (exact) mass is 344 g/mol. The molecule has 1 saturated carbocycles. The summed E-state index contributed by atoms with van der Waals surface area (Å²) in [6.45, 7) is 2.06. The fourth-order valence-corrected chi connectivity index (χ4v) is 3.12. The smallest absolute Gasteiger partial charge is 0.311 e. The van der Waals surface area contributed by atoms with Crippen LogP contribution in [0.15, 0.2) is 30.5 Å². The molecule has 0 saturated heterocycles. The number of benzene rings is 1. The molecule has 1 aliphatic carbocycles. The molecule has 2 aromatic rings. The SMILES string of the molecule is CCOc1ccc(C(=O)Nc2ccnn2C2CCCC2)cc1[N+](=O)[O-]. The molecule has 1 aromatic carbocycles. The Balaban J connectivity index is 1.81. The predicted molar refractivity (Wildman–Crippen MR) is 92.0 cm³/mol. The number of rotatable bonds is 6. The van der Waals surface area contributed by atoms with Gasteiger partial charge in [0.2, 0.25) is 0 Å². The van der Waals surface area contributed by atoms with Crippen LogP contribution in [0, 0.1) is 10.1 Å². The summed E-state index contributed by atoms with van der Waals surface area (Å²) in [5, 5.41) is 18.3. The predicted octanol–water partition coefficient (Wildman–Crippen LogP) is 3.56. The standard InChI is InChI=1S/C17H20N4O4/c1-2-25-15-8-7-12(11-14(15)21(23)24)17(22)19-16-9-10-18-20(16)13-5-3-4-6-13/h7-11,13H,2-6H2,1H3,(H,19,22). The minimum atomic E-state index is -0.551. The molecule has 1 aromatic heterocycles. The van der Waals surface area contributed by atoms with E-state index in [1.807, 2.05) is 4.68 Å². The van der Waals surface area contributed by atoms with Crippen molar-refractivity contribution in [2.24, 2.45) is 0 Å². The largest absolute Gasteiger partial charge is 0.487 e. The highest BCUT2D eigenvalue weighted by Gasteiger charge is 2.22. The van der Waals surface area contributed by atoms with Crippen LogP contribution in [0.3, 0.4) is 0 Å². The number of amides is 1. The summed E-state index contributed by atoms with van der Waals surface area (Å²) in [4.78, 5) is 23.2. The first-order valence-electron chi connectivity index (χ1n) is 8.36. The van der Waals surface area contributed by atoms with E-state index >= 15 is 0 Å². The van der Waals surface area contributed by atoms with E-state index in [4.69, 9.17) is 4.74 Å². The third-order valence-electron chi connectivity index (χ3n) is 4.30. The second-order valence-electron chi connectivity index (χ2n) is 5.93. The van der Waals surface area contributed by atoms with Gasteiger partial charge in [0, 0.05) is 17.7 Å². The second-order valence-corrected chi connectivity index (χ2v) is 5.93. The lowest BCUT2D eigenvalue weighted by Gasteiger charge is -2.14. The maximum atomic E-state index is 12.5. The quantitative estimate of drug-likeness (QED) is 0.638. The minimum Gasteiger partial charge on any atom is -0.487 e. The Morgan fingerprint density at radius 1 is 1.40 bits per heavy atom. The first-order valence-corrected chi connectivity index (χ1v) is 8.36. The molecule has 0 spiro atoms. The van der Waals surface area contributed by atoms with Crippen LogP contribution in [0.1, 0.15) is 49.0 Å². The van der Waals surface area contributed by atoms with Gasteiger partial charge in [-0.25, -0.2) is 4.68 Å². The van der Waals surface area contributed by atoms with Crippen molar-refractivity contribution in [3.8, 4) is 5.75 Å². The third-order valence-corrected chi connectivity index (χ3v) is 4.30. The van der Waals surface area contributed by atoms with Gasteiger partial charge in [-0.3, -0.25) is 14.9 Å². The number of hydrogen-bond acceptors (Lipinski definition) is 5. The number of carbonyl (C=O) groups is 1. The van der Waals surface area contributed by atoms with E-state index in [9.17, 15) is 14.9 Å². The van der Waals surface area contributed by atoms with Gasteiger partial charge in [0.15, 0.2) is 5.75 Å². The van der Waals surface area contributed by atoms with Crippen molar-refractivity contribution in [1.82, 2.24) is 9.78 Å². The lowest BCUT2D eigenvalue weighted by molar-refractivity contribution is -0.385. The van der Waals surface area contributed by atoms with Crippen molar-refractivity contribution in [3.05, 3.63) is 46.1 Å². The third kappa shape index (κ3) is 3.62. The summed E-state index contributed by atoms with van der Waals surface area (Å²) in [6.07, 6.45) is 6.04. The van der Waals surface area contributed by atoms with Crippen molar-refractivity contribution >= 4 is 17.4 Å². The molecule has 0 atom stereocenters. The van der Waals surface area contributed by atoms with Gasteiger partial charge < -0.3 is 10.1 Å². The van der Waals surface area contributed by atoms with Gasteiger partial charge in [0.05, 0.1) is 23.8 Å². The molecule has 0 unspecified atom stereocenters. The topological polar surface area (TPSA) is 99.3 Å². The van der Waals surface area contributed by atoms with Crippen LogP contribution in [-0.2, 0) is 0 Å². The minimum absolute atomic E-state index is 0.153. The highest BCUT2D eigenvalue weighted by molar-refractivity contribution is 6.04. The van der Waals surface area contributed by atoms with Gasteiger partial charge in [-0.1, -0.05) is 12.8 Å². The number of carbonyl (C=O) groups excluding carboxylic acids is 1. The van der Waals surface area contributed by atoms with E-state index < -0.39 is 10.8 Å². The van der Waals surface area contributed by atoms with Crippen LogP contribution in [0.25, 0.3) is 0 Å².